The van der Waals surface area contributed by atoms with E-state index in [0.29, 0.717) is 23.9 Å². The van der Waals surface area contributed by atoms with Gasteiger partial charge in [-0.15, -0.1) is 5.10 Å². The molecule has 0 saturated heterocycles. The summed E-state index contributed by atoms with van der Waals surface area (Å²) in [4.78, 5) is 12.0. The van der Waals surface area contributed by atoms with Crippen LogP contribution in [0.3, 0.4) is 0 Å². The molecule has 2 heterocycles. The van der Waals surface area contributed by atoms with E-state index in [2.05, 4.69) is 20.8 Å². The molecule has 1 atom stereocenters. The number of carbonyl (C=O) groups excluding carboxylic acids is 1. The molecule has 9 heteroatoms. The number of esters is 1. The van der Waals surface area contributed by atoms with E-state index < -0.39 is 6.04 Å². The fourth-order valence-corrected chi connectivity index (χ4v) is 3.19. The van der Waals surface area contributed by atoms with E-state index in [1.165, 1.54) is 0 Å². The summed E-state index contributed by atoms with van der Waals surface area (Å²) < 4.78 is 17.6. The number of ether oxygens (including phenoxy) is 3. The Morgan fingerprint density at radius 2 is 2.07 bits per heavy atom. The molecule has 4 rings (SSSR count). The number of hydrogen-bond donors (Lipinski definition) is 1. The molecule has 0 amide bonds. The third-order valence-corrected chi connectivity index (χ3v) is 4.58. The summed E-state index contributed by atoms with van der Waals surface area (Å²) >= 11 is 0. The molecule has 0 radical (unpaired) electrons. The van der Waals surface area contributed by atoms with Crippen molar-refractivity contribution >= 4 is 5.97 Å². The Morgan fingerprint density at radius 1 is 1.24 bits per heavy atom. The van der Waals surface area contributed by atoms with Crippen molar-refractivity contribution in [3.8, 4) is 17.2 Å². The van der Waals surface area contributed by atoms with Crippen LogP contribution < -0.4 is 14.8 Å². The SMILES string of the molecule is CCOC(=O)CN[C@@H](c1ccc2c(c1)OCO2)c1nnnn1-c1ccccc1C. The first-order valence-corrected chi connectivity index (χ1v) is 9.30. The predicted molar refractivity (Wildman–Crippen MR) is 103 cm³/mol. The molecule has 1 N–H and O–H groups in total. The quantitative estimate of drug-likeness (QED) is 0.606. The molecular weight excluding hydrogens is 374 g/mol. The molecule has 1 aliphatic heterocycles. The van der Waals surface area contributed by atoms with Gasteiger partial charge in [-0.1, -0.05) is 24.3 Å². The van der Waals surface area contributed by atoms with Crippen LogP contribution in [0.4, 0.5) is 0 Å². The number of tetrazole rings is 1. The first kappa shape index (κ1) is 18.9. The number of rotatable bonds is 7. The molecule has 1 aliphatic rings. The van der Waals surface area contributed by atoms with Crippen LogP contribution in [0.5, 0.6) is 11.5 Å². The number of aryl methyl sites for hydroxylation is 1. The van der Waals surface area contributed by atoms with Gasteiger partial charge >= 0.3 is 5.97 Å². The van der Waals surface area contributed by atoms with E-state index in [4.69, 9.17) is 14.2 Å². The average molecular weight is 395 g/mol. The van der Waals surface area contributed by atoms with Crippen molar-refractivity contribution in [2.45, 2.75) is 19.9 Å². The van der Waals surface area contributed by atoms with E-state index in [1.807, 2.05) is 49.4 Å². The molecule has 0 saturated carbocycles. The van der Waals surface area contributed by atoms with Gasteiger partial charge in [-0.2, -0.15) is 4.68 Å². The number of nitrogens with zero attached hydrogens (tertiary/aromatic N) is 4. The summed E-state index contributed by atoms with van der Waals surface area (Å²) in [7, 11) is 0. The number of hydrogen-bond acceptors (Lipinski definition) is 8. The lowest BCUT2D eigenvalue weighted by Crippen LogP contribution is -2.31. The zero-order chi connectivity index (χ0) is 20.2. The van der Waals surface area contributed by atoms with Gasteiger partial charge in [0.2, 0.25) is 6.79 Å². The van der Waals surface area contributed by atoms with Gasteiger partial charge in [0.15, 0.2) is 17.3 Å². The third kappa shape index (κ3) is 3.90. The topological polar surface area (TPSA) is 100 Å². The van der Waals surface area contributed by atoms with Crippen LogP contribution in [0.2, 0.25) is 0 Å². The fourth-order valence-electron chi connectivity index (χ4n) is 3.19. The molecule has 0 aliphatic carbocycles. The summed E-state index contributed by atoms with van der Waals surface area (Å²) in [6.45, 7) is 4.26. The summed E-state index contributed by atoms with van der Waals surface area (Å²) in [6, 6.07) is 12.9. The van der Waals surface area contributed by atoms with Crippen LogP contribution in [0.25, 0.3) is 5.69 Å². The molecule has 29 heavy (non-hydrogen) atoms. The van der Waals surface area contributed by atoms with Crippen molar-refractivity contribution in [2.24, 2.45) is 0 Å². The van der Waals surface area contributed by atoms with Crippen LogP contribution in [0, 0.1) is 6.92 Å². The Kier molecular flexibility index (Phi) is 5.39. The molecule has 150 valence electrons. The normalized spacial score (nSPS) is 13.3. The number of fused-ring (bicyclic) bond motifs is 1. The van der Waals surface area contributed by atoms with E-state index in [-0.39, 0.29) is 19.3 Å². The second kappa shape index (κ2) is 8.27. The lowest BCUT2D eigenvalue weighted by atomic mass is 10.0. The molecule has 9 nitrogen and oxygen atoms in total. The van der Waals surface area contributed by atoms with E-state index >= 15 is 0 Å². The van der Waals surface area contributed by atoms with Gasteiger partial charge in [-0.05, 0) is 53.6 Å². The van der Waals surface area contributed by atoms with Gasteiger partial charge in [0.1, 0.15) is 0 Å². The number of aromatic nitrogens is 4. The standard InChI is InChI=1S/C20H21N5O4/c1-3-27-18(26)11-21-19(14-8-9-16-17(10-14)29-12-28-16)20-22-23-24-25(20)15-7-5-4-6-13(15)2/h4-10,19,21H,3,11-12H2,1-2H3/t19-/m0/s1. The van der Waals surface area contributed by atoms with Gasteiger partial charge in [0, 0.05) is 0 Å². The zero-order valence-corrected chi connectivity index (χ0v) is 16.2. The highest BCUT2D eigenvalue weighted by Gasteiger charge is 2.25. The lowest BCUT2D eigenvalue weighted by molar-refractivity contribution is -0.142. The number of para-hydroxylation sites is 1. The average Bonchev–Trinajstić information content (AvgIpc) is 3.38. The Balaban J connectivity index is 1.72. The Hall–Kier alpha value is -3.46. The van der Waals surface area contributed by atoms with Crippen molar-refractivity contribution in [2.75, 3.05) is 19.9 Å². The molecule has 2 aromatic carbocycles. The summed E-state index contributed by atoms with van der Waals surface area (Å²) in [5, 5.41) is 15.5. The minimum absolute atomic E-state index is 0.00752. The maximum atomic E-state index is 12.0. The lowest BCUT2D eigenvalue weighted by Gasteiger charge is -2.19. The largest absolute Gasteiger partial charge is 0.465 e. The van der Waals surface area contributed by atoms with Crippen LogP contribution >= 0.6 is 0 Å². The highest BCUT2D eigenvalue weighted by molar-refractivity contribution is 5.71. The van der Waals surface area contributed by atoms with Crippen LogP contribution in [0.1, 0.15) is 29.9 Å². The highest BCUT2D eigenvalue weighted by Crippen LogP contribution is 2.35. The monoisotopic (exact) mass is 395 g/mol. The van der Waals surface area contributed by atoms with Crippen molar-refractivity contribution in [3.63, 3.8) is 0 Å². The maximum absolute atomic E-state index is 12.0. The van der Waals surface area contributed by atoms with Crippen LogP contribution in [-0.2, 0) is 9.53 Å². The molecule has 3 aromatic rings. The van der Waals surface area contributed by atoms with E-state index in [1.54, 1.807) is 11.6 Å². The third-order valence-electron chi connectivity index (χ3n) is 4.58. The second-order valence-electron chi connectivity index (χ2n) is 6.47. The van der Waals surface area contributed by atoms with Crippen molar-refractivity contribution in [3.05, 3.63) is 59.4 Å². The van der Waals surface area contributed by atoms with Gasteiger partial charge in [-0.3, -0.25) is 10.1 Å². The predicted octanol–water partition coefficient (Wildman–Crippen LogP) is 1.94. The molecular formula is C20H21N5O4. The van der Waals surface area contributed by atoms with Gasteiger partial charge < -0.3 is 14.2 Å². The second-order valence-corrected chi connectivity index (χ2v) is 6.47. The first-order valence-electron chi connectivity index (χ1n) is 9.30. The summed E-state index contributed by atoms with van der Waals surface area (Å²) in [5.74, 6) is 1.51. The van der Waals surface area contributed by atoms with E-state index in [9.17, 15) is 4.79 Å². The Labute approximate surface area is 167 Å². The number of nitrogens with one attached hydrogen (secondary N) is 1. The number of carbonyl (C=O) groups is 1. The van der Waals surface area contributed by atoms with Crippen molar-refractivity contribution < 1.29 is 19.0 Å². The Bertz CT molecular complexity index is 1020. The summed E-state index contributed by atoms with van der Waals surface area (Å²) in [5.41, 5.74) is 2.72. The zero-order valence-electron chi connectivity index (χ0n) is 16.2. The summed E-state index contributed by atoms with van der Waals surface area (Å²) in [6.07, 6.45) is 0. The van der Waals surface area contributed by atoms with Crippen molar-refractivity contribution in [1.29, 1.82) is 0 Å². The van der Waals surface area contributed by atoms with Crippen LogP contribution in [0.15, 0.2) is 42.5 Å². The molecule has 0 fully saturated rings. The minimum atomic E-state index is -0.469. The van der Waals surface area contributed by atoms with Crippen LogP contribution in [-0.4, -0.2) is 46.1 Å². The molecule has 0 bridgehead atoms. The maximum Gasteiger partial charge on any atom is 0.319 e. The minimum Gasteiger partial charge on any atom is -0.465 e. The molecule has 0 unspecified atom stereocenters. The molecule has 1 aromatic heterocycles. The fraction of sp³-hybridized carbons (Fsp3) is 0.300. The van der Waals surface area contributed by atoms with Gasteiger partial charge in [0.05, 0.1) is 24.9 Å². The van der Waals surface area contributed by atoms with Gasteiger partial charge in [0.25, 0.3) is 0 Å². The Morgan fingerprint density at radius 3 is 2.90 bits per heavy atom. The smallest absolute Gasteiger partial charge is 0.319 e. The van der Waals surface area contributed by atoms with Crippen molar-refractivity contribution in [1.82, 2.24) is 25.5 Å². The first-order chi connectivity index (χ1) is 14.2. The van der Waals surface area contributed by atoms with Gasteiger partial charge in [-0.25, -0.2) is 0 Å². The number of benzene rings is 2. The van der Waals surface area contributed by atoms with E-state index in [0.717, 1.165) is 16.8 Å². The highest BCUT2D eigenvalue weighted by atomic mass is 16.7. The molecule has 0 spiro atoms.